The number of amides is 1. The summed E-state index contributed by atoms with van der Waals surface area (Å²) in [5.41, 5.74) is 5.60. The number of hydrogen-bond acceptors (Lipinski definition) is 5. The summed E-state index contributed by atoms with van der Waals surface area (Å²) in [4.78, 5) is 13.6. The third-order valence-electron chi connectivity index (χ3n) is 3.97. The van der Waals surface area contributed by atoms with Crippen LogP contribution in [0.25, 0.3) is 0 Å². The van der Waals surface area contributed by atoms with Gasteiger partial charge < -0.3 is 15.4 Å². The minimum atomic E-state index is -4.85. The molecule has 2 rings (SSSR count). The van der Waals surface area contributed by atoms with Crippen molar-refractivity contribution in [2.75, 3.05) is 19.6 Å². The van der Waals surface area contributed by atoms with E-state index in [9.17, 15) is 26.4 Å². The monoisotopic (exact) mass is 395 g/mol. The molecule has 146 valence electrons. The number of benzene rings is 1. The largest absolute Gasteiger partial charge is 0.573 e. The first kappa shape index (κ1) is 20.5. The average molecular weight is 395 g/mol. The van der Waals surface area contributed by atoms with Crippen LogP contribution in [-0.2, 0) is 14.8 Å². The highest BCUT2D eigenvalue weighted by Crippen LogP contribution is 2.24. The van der Waals surface area contributed by atoms with Gasteiger partial charge in [0.15, 0.2) is 0 Å². The van der Waals surface area contributed by atoms with Crippen molar-refractivity contribution in [3.63, 3.8) is 0 Å². The lowest BCUT2D eigenvalue weighted by atomic mass is 10.2. The number of rotatable bonds is 7. The zero-order chi connectivity index (χ0) is 19.4. The van der Waals surface area contributed by atoms with Gasteiger partial charge in [0.25, 0.3) is 0 Å². The Morgan fingerprint density at radius 2 is 1.96 bits per heavy atom. The van der Waals surface area contributed by atoms with Gasteiger partial charge in [0.1, 0.15) is 5.75 Å². The van der Waals surface area contributed by atoms with Gasteiger partial charge in [-0.2, -0.15) is 0 Å². The maximum atomic E-state index is 12.1. The molecule has 1 fully saturated rings. The molecule has 0 radical (unpaired) electrons. The van der Waals surface area contributed by atoms with Crippen LogP contribution in [0.2, 0.25) is 0 Å². The second-order valence-electron chi connectivity index (χ2n) is 5.79. The Morgan fingerprint density at radius 3 is 2.54 bits per heavy atom. The minimum Gasteiger partial charge on any atom is -0.406 e. The van der Waals surface area contributed by atoms with Crippen molar-refractivity contribution in [1.82, 2.24) is 9.62 Å². The van der Waals surface area contributed by atoms with Gasteiger partial charge in [0, 0.05) is 32.1 Å². The predicted molar refractivity (Wildman–Crippen MR) is 86.7 cm³/mol. The highest BCUT2D eigenvalue weighted by atomic mass is 32.2. The van der Waals surface area contributed by atoms with Crippen molar-refractivity contribution in [2.24, 2.45) is 5.73 Å². The first-order valence-corrected chi connectivity index (χ1v) is 9.46. The van der Waals surface area contributed by atoms with E-state index in [1.54, 1.807) is 4.90 Å². The number of halogens is 3. The molecule has 0 aliphatic carbocycles. The van der Waals surface area contributed by atoms with Crippen molar-refractivity contribution in [1.29, 1.82) is 0 Å². The van der Waals surface area contributed by atoms with Crippen LogP contribution in [0, 0.1) is 0 Å². The topological polar surface area (TPSA) is 102 Å². The smallest absolute Gasteiger partial charge is 0.406 e. The summed E-state index contributed by atoms with van der Waals surface area (Å²) < 4.78 is 66.5. The van der Waals surface area contributed by atoms with E-state index in [0.29, 0.717) is 13.1 Å². The fourth-order valence-corrected chi connectivity index (χ4v) is 3.78. The van der Waals surface area contributed by atoms with E-state index < -0.39 is 22.1 Å². The minimum absolute atomic E-state index is 0.0136. The van der Waals surface area contributed by atoms with Crippen molar-refractivity contribution in [3.8, 4) is 5.75 Å². The zero-order valence-electron chi connectivity index (χ0n) is 13.8. The number of hydrogen-bond donors (Lipinski definition) is 2. The fraction of sp³-hybridized carbons (Fsp3) is 0.533. The van der Waals surface area contributed by atoms with Gasteiger partial charge in [-0.15, -0.1) is 13.2 Å². The van der Waals surface area contributed by atoms with E-state index in [1.807, 2.05) is 0 Å². The summed E-state index contributed by atoms with van der Waals surface area (Å²) >= 11 is 0. The molecule has 1 atom stereocenters. The number of carbonyl (C=O) groups is 1. The van der Waals surface area contributed by atoms with E-state index >= 15 is 0 Å². The van der Waals surface area contributed by atoms with Crippen LogP contribution in [0.5, 0.6) is 5.75 Å². The molecule has 1 aliphatic rings. The Bertz CT molecular complexity index is 723. The second kappa shape index (κ2) is 8.23. The molecule has 0 aromatic heterocycles. The van der Waals surface area contributed by atoms with Gasteiger partial charge in [0.2, 0.25) is 15.9 Å². The van der Waals surface area contributed by atoms with Crippen LogP contribution in [0.4, 0.5) is 13.2 Å². The number of nitrogens with zero attached hydrogens (tertiary/aromatic N) is 1. The molecular weight excluding hydrogens is 375 g/mol. The quantitative estimate of drug-likeness (QED) is 0.723. The highest BCUT2D eigenvalue weighted by molar-refractivity contribution is 7.89. The molecule has 11 heteroatoms. The lowest BCUT2D eigenvalue weighted by Gasteiger charge is -2.23. The third-order valence-corrected chi connectivity index (χ3v) is 5.45. The summed E-state index contributed by atoms with van der Waals surface area (Å²) in [7, 11) is -3.94. The molecule has 7 nitrogen and oxygen atoms in total. The number of likely N-dealkylation sites (tertiary alicyclic amines) is 1. The Labute approximate surface area is 149 Å². The molecule has 0 bridgehead atoms. The van der Waals surface area contributed by atoms with E-state index in [0.717, 1.165) is 37.1 Å². The Kier molecular flexibility index (Phi) is 6.48. The lowest BCUT2D eigenvalue weighted by molar-refractivity contribution is -0.274. The van der Waals surface area contributed by atoms with E-state index in [1.165, 1.54) is 0 Å². The molecule has 1 amide bonds. The highest BCUT2D eigenvalue weighted by Gasteiger charge is 2.31. The van der Waals surface area contributed by atoms with Crippen molar-refractivity contribution in [3.05, 3.63) is 24.3 Å². The van der Waals surface area contributed by atoms with Crippen LogP contribution in [0.1, 0.15) is 19.3 Å². The number of carbonyl (C=O) groups excluding carboxylic acids is 1. The Hall–Kier alpha value is -1.85. The van der Waals surface area contributed by atoms with Crippen LogP contribution >= 0.6 is 0 Å². The summed E-state index contributed by atoms with van der Waals surface area (Å²) in [6, 6.07) is 3.79. The second-order valence-corrected chi connectivity index (χ2v) is 7.55. The van der Waals surface area contributed by atoms with Gasteiger partial charge in [-0.1, -0.05) is 0 Å². The molecule has 1 unspecified atom stereocenters. The van der Waals surface area contributed by atoms with E-state index in [-0.39, 0.29) is 29.8 Å². The zero-order valence-corrected chi connectivity index (χ0v) is 14.6. The molecule has 1 heterocycles. The summed E-state index contributed by atoms with van der Waals surface area (Å²) in [6.07, 6.45) is -3.17. The average Bonchev–Trinajstić information content (AvgIpc) is 3.02. The van der Waals surface area contributed by atoms with Gasteiger partial charge >= 0.3 is 6.36 Å². The molecule has 1 aromatic carbocycles. The molecule has 1 aromatic rings. The van der Waals surface area contributed by atoms with Crippen molar-refractivity contribution < 1.29 is 31.1 Å². The molecule has 3 N–H and O–H groups in total. The molecule has 0 spiro atoms. The fourth-order valence-electron chi connectivity index (χ4n) is 2.75. The maximum absolute atomic E-state index is 12.1. The maximum Gasteiger partial charge on any atom is 0.573 e. The summed E-state index contributed by atoms with van der Waals surface area (Å²) in [5.74, 6) is -0.705. The SMILES string of the molecule is NCC1CCCN1C(=O)CCNS(=O)(=O)c1ccc(OC(F)(F)F)cc1. The van der Waals surface area contributed by atoms with E-state index in [2.05, 4.69) is 9.46 Å². The standard InChI is InChI=1S/C15H20F3N3O4S/c16-15(17,18)25-12-3-5-13(6-4-12)26(23,24)20-8-7-14(22)21-9-1-2-11(21)10-19/h3-6,11,20H,1-2,7-10,19H2. The van der Waals surface area contributed by atoms with Crippen molar-refractivity contribution >= 4 is 15.9 Å². The van der Waals surface area contributed by atoms with Gasteiger partial charge in [-0.25, -0.2) is 13.1 Å². The molecular formula is C15H20F3N3O4S. The number of alkyl halides is 3. The van der Waals surface area contributed by atoms with Crippen LogP contribution < -0.4 is 15.2 Å². The Balaban J connectivity index is 1.89. The summed E-state index contributed by atoms with van der Waals surface area (Å²) in [6.45, 7) is 0.855. The van der Waals surface area contributed by atoms with Gasteiger partial charge in [-0.3, -0.25) is 4.79 Å². The van der Waals surface area contributed by atoms with Crippen LogP contribution in [0.3, 0.4) is 0 Å². The molecule has 26 heavy (non-hydrogen) atoms. The third kappa shape index (κ3) is 5.58. The first-order chi connectivity index (χ1) is 12.1. The van der Waals surface area contributed by atoms with E-state index in [4.69, 9.17) is 5.73 Å². The molecule has 1 aliphatic heterocycles. The summed E-state index contributed by atoms with van der Waals surface area (Å²) in [5, 5.41) is 0. The number of nitrogens with two attached hydrogens (primary N) is 1. The molecule has 0 saturated carbocycles. The lowest BCUT2D eigenvalue weighted by Crippen LogP contribution is -2.41. The number of nitrogens with one attached hydrogen (secondary N) is 1. The van der Waals surface area contributed by atoms with Crippen molar-refractivity contribution in [2.45, 2.75) is 36.6 Å². The number of ether oxygens (including phenoxy) is 1. The van der Waals surface area contributed by atoms with Crippen LogP contribution in [-0.4, -0.2) is 51.3 Å². The Morgan fingerprint density at radius 1 is 1.31 bits per heavy atom. The van der Waals surface area contributed by atoms with Crippen LogP contribution in [0.15, 0.2) is 29.2 Å². The normalized spacial score (nSPS) is 18.2. The number of sulfonamides is 1. The predicted octanol–water partition coefficient (Wildman–Crippen LogP) is 1.20. The first-order valence-electron chi connectivity index (χ1n) is 7.97. The van der Waals surface area contributed by atoms with Gasteiger partial charge in [-0.05, 0) is 37.1 Å². The molecule has 1 saturated heterocycles. The van der Waals surface area contributed by atoms with Gasteiger partial charge in [0.05, 0.1) is 4.90 Å².